The number of hydrogen-bond acceptors (Lipinski definition) is 5. The molecule has 3 atom stereocenters. The second-order valence-electron chi connectivity index (χ2n) is 8.97. The van der Waals surface area contributed by atoms with Crippen LogP contribution in [-0.4, -0.2) is 30.3 Å². The first-order chi connectivity index (χ1) is 17.1. The number of fused-ring (bicyclic) bond motifs is 1. The molecule has 2 heterocycles. The van der Waals surface area contributed by atoms with Crippen molar-refractivity contribution in [2.75, 3.05) is 18.2 Å². The maximum atomic E-state index is 13.8. The van der Waals surface area contributed by atoms with Gasteiger partial charge in [0.15, 0.2) is 12.1 Å². The van der Waals surface area contributed by atoms with Crippen LogP contribution in [0.15, 0.2) is 71.6 Å². The lowest BCUT2D eigenvalue weighted by Crippen LogP contribution is -2.30. The second-order valence-corrected chi connectivity index (χ2v) is 10.5. The molecule has 3 aromatic rings. The van der Waals surface area contributed by atoms with Gasteiger partial charge in [0.1, 0.15) is 17.6 Å². The van der Waals surface area contributed by atoms with E-state index in [2.05, 4.69) is 24.3 Å². The van der Waals surface area contributed by atoms with Crippen LogP contribution < -0.4 is 9.47 Å². The standard InChI is InChI=1S/C29H29ClO4S/c1-19-5-14-24-25(18-19)34-29(21-8-12-23(13-9-21)35-17-15-30)27(28(24)31)20-6-10-22(11-7-20)33-26-4-2-3-16-32-26/h5-14,18,26-27,29H,2-4,15-17H2,1H3. The summed E-state index contributed by atoms with van der Waals surface area (Å²) in [4.78, 5) is 14.9. The highest BCUT2D eigenvalue weighted by atomic mass is 35.5. The lowest BCUT2D eigenvalue weighted by molar-refractivity contribution is -0.105. The molecule has 0 amide bonds. The molecule has 0 saturated carbocycles. The minimum absolute atomic E-state index is 0.0705. The van der Waals surface area contributed by atoms with Gasteiger partial charge in [-0.3, -0.25) is 4.79 Å². The maximum Gasteiger partial charge on any atom is 0.199 e. The summed E-state index contributed by atoms with van der Waals surface area (Å²) in [6, 6.07) is 21.8. The lowest BCUT2D eigenvalue weighted by atomic mass is 9.81. The topological polar surface area (TPSA) is 44.8 Å². The number of thioether (sulfide) groups is 1. The van der Waals surface area contributed by atoms with Crippen LogP contribution >= 0.6 is 23.4 Å². The zero-order valence-electron chi connectivity index (χ0n) is 19.7. The number of carbonyl (C=O) groups is 1. The highest BCUT2D eigenvalue weighted by molar-refractivity contribution is 7.99. The third-order valence-electron chi connectivity index (χ3n) is 6.44. The van der Waals surface area contributed by atoms with Crippen LogP contribution in [0.25, 0.3) is 0 Å². The quantitative estimate of drug-likeness (QED) is 0.247. The van der Waals surface area contributed by atoms with Gasteiger partial charge in [0.2, 0.25) is 0 Å². The Bertz CT molecular complexity index is 1160. The van der Waals surface area contributed by atoms with E-state index in [-0.39, 0.29) is 12.1 Å². The van der Waals surface area contributed by atoms with E-state index in [4.69, 9.17) is 25.8 Å². The summed E-state index contributed by atoms with van der Waals surface area (Å²) in [7, 11) is 0. The number of hydrogen-bond donors (Lipinski definition) is 0. The lowest BCUT2D eigenvalue weighted by Gasteiger charge is -2.33. The molecule has 5 rings (SSSR count). The molecule has 35 heavy (non-hydrogen) atoms. The van der Waals surface area contributed by atoms with E-state index in [0.29, 0.717) is 17.2 Å². The molecule has 1 saturated heterocycles. The van der Waals surface area contributed by atoms with E-state index in [1.807, 2.05) is 49.4 Å². The van der Waals surface area contributed by atoms with Crippen LogP contribution in [0.2, 0.25) is 0 Å². The number of alkyl halides is 1. The van der Waals surface area contributed by atoms with Crippen molar-refractivity contribution in [1.82, 2.24) is 0 Å². The molecule has 0 N–H and O–H groups in total. The molecule has 1 fully saturated rings. The Kier molecular flexibility index (Phi) is 7.66. The molecular weight excluding hydrogens is 480 g/mol. The van der Waals surface area contributed by atoms with Crippen molar-refractivity contribution in [2.24, 2.45) is 0 Å². The summed E-state index contributed by atoms with van der Waals surface area (Å²) in [6.07, 6.45) is 2.47. The van der Waals surface area contributed by atoms with Gasteiger partial charge in [0, 0.05) is 22.9 Å². The fourth-order valence-electron chi connectivity index (χ4n) is 4.65. The molecule has 2 aliphatic rings. The molecule has 0 aromatic heterocycles. The van der Waals surface area contributed by atoms with E-state index in [1.54, 1.807) is 11.8 Å². The molecule has 0 aliphatic carbocycles. The van der Waals surface area contributed by atoms with Crippen molar-refractivity contribution in [3.05, 3.63) is 89.0 Å². The number of Topliss-reactive ketones (excluding diaryl/α,β-unsaturated/α-hetero) is 1. The van der Waals surface area contributed by atoms with E-state index < -0.39 is 12.0 Å². The number of rotatable bonds is 7. The van der Waals surface area contributed by atoms with Crippen molar-refractivity contribution in [3.8, 4) is 11.5 Å². The molecular formula is C29H29ClO4S. The summed E-state index contributed by atoms with van der Waals surface area (Å²) < 4.78 is 18.2. The first-order valence-corrected chi connectivity index (χ1v) is 13.6. The summed E-state index contributed by atoms with van der Waals surface area (Å²) in [5.41, 5.74) is 3.57. The minimum Gasteiger partial charge on any atom is -0.484 e. The van der Waals surface area contributed by atoms with E-state index in [0.717, 1.165) is 59.0 Å². The maximum absolute atomic E-state index is 13.8. The monoisotopic (exact) mass is 508 g/mol. The van der Waals surface area contributed by atoms with Gasteiger partial charge in [0.25, 0.3) is 0 Å². The number of ether oxygens (including phenoxy) is 3. The van der Waals surface area contributed by atoms with Gasteiger partial charge in [0.05, 0.1) is 18.1 Å². The highest BCUT2D eigenvalue weighted by Gasteiger charge is 2.39. The van der Waals surface area contributed by atoms with E-state index in [9.17, 15) is 4.79 Å². The van der Waals surface area contributed by atoms with Crippen LogP contribution in [0.5, 0.6) is 11.5 Å². The van der Waals surface area contributed by atoms with E-state index in [1.165, 1.54) is 0 Å². The number of benzene rings is 3. The Morgan fingerprint density at radius 2 is 1.77 bits per heavy atom. The Balaban J connectivity index is 1.45. The molecule has 0 radical (unpaired) electrons. The summed E-state index contributed by atoms with van der Waals surface area (Å²) in [6.45, 7) is 2.74. The normalized spacial score (nSPS) is 21.8. The second kappa shape index (κ2) is 11.1. The summed E-state index contributed by atoms with van der Waals surface area (Å²) in [5.74, 6) is 2.48. The highest BCUT2D eigenvalue weighted by Crippen LogP contribution is 2.44. The van der Waals surface area contributed by atoms with Gasteiger partial charge in [-0.2, -0.15) is 0 Å². The fraction of sp³-hybridized carbons (Fsp3) is 0.345. The third kappa shape index (κ3) is 5.53. The SMILES string of the molecule is Cc1ccc2c(c1)OC(c1ccc(SCCCl)cc1)C(c1ccc(OC3CCCCO3)cc1)C2=O. The van der Waals surface area contributed by atoms with Crippen LogP contribution in [-0.2, 0) is 4.74 Å². The van der Waals surface area contributed by atoms with Gasteiger partial charge < -0.3 is 14.2 Å². The smallest absolute Gasteiger partial charge is 0.199 e. The Labute approximate surface area is 215 Å². The average Bonchev–Trinajstić information content (AvgIpc) is 2.89. The molecule has 0 spiro atoms. The van der Waals surface area contributed by atoms with Crippen LogP contribution in [0.3, 0.4) is 0 Å². The molecule has 3 unspecified atom stereocenters. The van der Waals surface area contributed by atoms with Gasteiger partial charge in [-0.05, 0) is 72.9 Å². The van der Waals surface area contributed by atoms with Crippen molar-refractivity contribution in [2.45, 2.75) is 49.4 Å². The van der Waals surface area contributed by atoms with Crippen molar-refractivity contribution >= 4 is 29.1 Å². The number of halogens is 1. The molecule has 6 heteroatoms. The van der Waals surface area contributed by atoms with Crippen LogP contribution in [0.1, 0.15) is 58.3 Å². The largest absolute Gasteiger partial charge is 0.484 e. The Morgan fingerprint density at radius 1 is 1.00 bits per heavy atom. The summed E-state index contributed by atoms with van der Waals surface area (Å²) >= 11 is 7.56. The van der Waals surface area contributed by atoms with Gasteiger partial charge >= 0.3 is 0 Å². The first-order valence-electron chi connectivity index (χ1n) is 12.1. The summed E-state index contributed by atoms with van der Waals surface area (Å²) in [5, 5.41) is 0. The number of aryl methyl sites for hydroxylation is 1. The molecule has 182 valence electrons. The number of ketones is 1. The van der Waals surface area contributed by atoms with Crippen LogP contribution in [0, 0.1) is 6.92 Å². The van der Waals surface area contributed by atoms with Gasteiger partial charge in [-0.1, -0.05) is 30.3 Å². The zero-order chi connectivity index (χ0) is 24.2. The zero-order valence-corrected chi connectivity index (χ0v) is 21.3. The number of carbonyl (C=O) groups excluding carboxylic acids is 1. The third-order valence-corrected chi connectivity index (χ3v) is 7.87. The molecule has 4 nitrogen and oxygen atoms in total. The van der Waals surface area contributed by atoms with E-state index >= 15 is 0 Å². The molecule has 0 bridgehead atoms. The van der Waals surface area contributed by atoms with Crippen molar-refractivity contribution < 1.29 is 19.0 Å². The molecule has 2 aliphatic heterocycles. The Hall–Kier alpha value is -2.47. The van der Waals surface area contributed by atoms with Crippen molar-refractivity contribution in [1.29, 1.82) is 0 Å². The first kappa shape index (κ1) is 24.2. The van der Waals surface area contributed by atoms with Crippen molar-refractivity contribution in [3.63, 3.8) is 0 Å². The minimum atomic E-state index is -0.452. The predicted octanol–water partition coefficient (Wildman–Crippen LogP) is 7.33. The predicted molar refractivity (Wildman–Crippen MR) is 140 cm³/mol. The molecule has 3 aromatic carbocycles. The van der Waals surface area contributed by atoms with Gasteiger partial charge in [-0.25, -0.2) is 0 Å². The Morgan fingerprint density at radius 3 is 2.49 bits per heavy atom. The fourth-order valence-corrected chi connectivity index (χ4v) is 5.52. The average molecular weight is 509 g/mol. The van der Waals surface area contributed by atoms with Gasteiger partial charge in [-0.15, -0.1) is 23.4 Å². The van der Waals surface area contributed by atoms with Crippen LogP contribution in [0.4, 0.5) is 0 Å².